The number of hydrogen-bond acceptors (Lipinski definition) is 8. The van der Waals surface area contributed by atoms with E-state index in [4.69, 9.17) is 12.8 Å². The van der Waals surface area contributed by atoms with Gasteiger partial charge in [0.05, 0.1) is 6.04 Å². The lowest BCUT2D eigenvalue weighted by Crippen LogP contribution is -2.67. The first kappa shape index (κ1) is 33.5. The molecule has 0 aromatic heterocycles. The predicted octanol–water partition coefficient (Wildman–Crippen LogP) is 0.204. The van der Waals surface area contributed by atoms with Crippen molar-refractivity contribution in [3.63, 3.8) is 0 Å². The second-order valence-electron chi connectivity index (χ2n) is 11.0. The second kappa shape index (κ2) is 15.7. The van der Waals surface area contributed by atoms with Crippen LogP contribution >= 0.6 is 0 Å². The van der Waals surface area contributed by atoms with E-state index in [1.807, 2.05) is 0 Å². The van der Waals surface area contributed by atoms with Gasteiger partial charge in [-0.3, -0.25) is 24.1 Å². The van der Waals surface area contributed by atoms with Gasteiger partial charge >= 0.3 is 5.97 Å². The number of aliphatic hydroxyl groups is 1. The number of amides is 4. The average molecular weight is 545 g/mol. The quantitative estimate of drug-likeness (QED) is 0.166. The molecule has 12 heteroatoms. The minimum atomic E-state index is -1.74. The third-order valence-corrected chi connectivity index (χ3v) is 6.40. The largest absolute Gasteiger partial charge is 0.480 e. The number of carboxylic acids is 1. The van der Waals surface area contributed by atoms with Crippen LogP contribution in [0.25, 0.3) is 0 Å². The molecule has 0 spiro atoms. The van der Waals surface area contributed by atoms with Crippen LogP contribution in [0.1, 0.15) is 76.5 Å². The van der Waals surface area contributed by atoms with E-state index in [9.17, 15) is 34.2 Å². The number of aliphatic hydroxyl groups excluding tert-OH is 1. The zero-order valence-corrected chi connectivity index (χ0v) is 23.9. The van der Waals surface area contributed by atoms with Crippen LogP contribution in [0, 0.1) is 23.7 Å². The van der Waals surface area contributed by atoms with Gasteiger partial charge in [-0.05, 0) is 30.1 Å². The Bertz CT molecular complexity index is 853. The van der Waals surface area contributed by atoms with Crippen molar-refractivity contribution in [3.8, 4) is 0 Å². The molecule has 6 atom stereocenters. The summed E-state index contributed by atoms with van der Waals surface area (Å²) in [6, 6.07) is -6.46. The number of carbonyl (C=O) groups is 5. The summed E-state index contributed by atoms with van der Waals surface area (Å²) in [4.78, 5) is 66.3. The molecule has 4 amide bonds. The van der Waals surface area contributed by atoms with Crippen molar-refractivity contribution in [2.75, 3.05) is 0 Å². The Kier molecular flexibility index (Phi) is 13.9. The molecule has 12 nitrogen and oxygen atoms in total. The molecule has 0 aromatic carbocycles. The molecule has 0 aliphatic rings. The Balaban J connectivity index is 6.88. The highest BCUT2D eigenvalue weighted by atomic mass is 16.4. The minimum Gasteiger partial charge on any atom is -0.480 e. The molecule has 0 heterocycles. The minimum absolute atomic E-state index is 0.0832. The van der Waals surface area contributed by atoms with Gasteiger partial charge in [0.15, 0.2) is 0 Å². The fourth-order valence-electron chi connectivity index (χ4n) is 3.66. The van der Waals surface area contributed by atoms with Crippen LogP contribution < -0.4 is 22.1 Å². The molecule has 0 rings (SSSR count). The molecule has 0 aliphatic heterocycles. The van der Waals surface area contributed by atoms with Crippen molar-refractivity contribution in [3.05, 3.63) is 0 Å². The Hall–Kier alpha value is -2.57. The molecule has 0 saturated heterocycles. The molecule has 1 unspecified atom stereocenters. The van der Waals surface area contributed by atoms with Gasteiger partial charge in [-0.15, -0.1) is 0 Å². The van der Waals surface area contributed by atoms with Crippen LogP contribution in [-0.4, -0.2) is 81.0 Å². The van der Waals surface area contributed by atoms with Gasteiger partial charge in [-0.2, -0.15) is 0 Å². The lowest BCUT2D eigenvalue weighted by atomic mass is 9.92. The smallest absolute Gasteiger partial charge is 0.326 e. The zero-order valence-electron chi connectivity index (χ0n) is 24.9. The van der Waals surface area contributed by atoms with Crippen LogP contribution in [0.5, 0.6) is 0 Å². The normalized spacial score (nSPS) is 16.9. The van der Waals surface area contributed by atoms with Crippen molar-refractivity contribution in [2.24, 2.45) is 35.1 Å². The summed E-state index contributed by atoms with van der Waals surface area (Å²) in [6.45, 7) is 13.1. The van der Waals surface area contributed by atoms with E-state index in [2.05, 4.69) is 10.6 Å². The molecular formula is C26H49N5O7. The summed E-state index contributed by atoms with van der Waals surface area (Å²) in [6.07, 6.45) is -1.75. The van der Waals surface area contributed by atoms with Crippen LogP contribution in [0.15, 0.2) is 0 Å². The molecule has 0 bridgehead atoms. The number of aliphatic carboxylic acids is 1. The maximum absolute atomic E-state index is 14.0. The lowest BCUT2D eigenvalue weighted by Gasteiger charge is -2.39. The Morgan fingerprint density at radius 3 is 1.68 bits per heavy atom. The second-order valence-corrected chi connectivity index (χ2v) is 11.0. The Morgan fingerprint density at radius 1 is 0.789 bits per heavy atom. The molecule has 0 saturated carbocycles. The molecular weight excluding hydrogens is 494 g/mol. The topological polar surface area (TPSA) is 205 Å². The highest BCUT2D eigenvalue weighted by molar-refractivity contribution is 6.05. The van der Waals surface area contributed by atoms with Crippen LogP contribution in [0.3, 0.4) is 0 Å². The van der Waals surface area contributed by atoms with Gasteiger partial charge in [0.2, 0.25) is 11.8 Å². The third kappa shape index (κ3) is 9.63. The molecule has 220 valence electrons. The predicted molar refractivity (Wildman–Crippen MR) is 143 cm³/mol. The average Bonchev–Trinajstić information content (AvgIpc) is 2.84. The van der Waals surface area contributed by atoms with Gasteiger partial charge in [0.25, 0.3) is 11.8 Å². The first-order valence-corrected chi connectivity index (χ1v) is 13.1. The molecule has 38 heavy (non-hydrogen) atoms. The van der Waals surface area contributed by atoms with Crippen molar-refractivity contribution in [1.29, 1.82) is 0 Å². The van der Waals surface area contributed by atoms with Crippen LogP contribution in [0.2, 0.25) is 0 Å². The Labute approximate surface area is 227 Å². The molecule has 8 N–H and O–H groups in total. The first-order valence-electron chi connectivity index (χ1n) is 13.8. The fraction of sp³-hybridized carbons (Fsp3) is 0.808. The number of nitrogens with one attached hydrogen (secondary N) is 2. The molecule has 0 aliphatic carbocycles. The highest BCUT2D eigenvalue weighted by Gasteiger charge is 2.45. The van der Waals surface area contributed by atoms with Crippen molar-refractivity contribution < 1.29 is 35.6 Å². The summed E-state index contributed by atoms with van der Waals surface area (Å²) in [5.74, 6) is -6.88. The van der Waals surface area contributed by atoms with Crippen molar-refractivity contribution >= 4 is 29.6 Å². The van der Waals surface area contributed by atoms with E-state index < -0.39 is 83.7 Å². The molecule has 0 fully saturated rings. The zero-order chi connectivity index (χ0) is 30.8. The van der Waals surface area contributed by atoms with E-state index >= 15 is 0 Å². The molecule has 0 radical (unpaired) electrons. The van der Waals surface area contributed by atoms with Gasteiger partial charge in [0, 0.05) is 7.41 Å². The number of carboxylic acid groups (broad SMARTS) is 1. The lowest BCUT2D eigenvalue weighted by molar-refractivity contribution is -0.161. The van der Waals surface area contributed by atoms with Gasteiger partial charge in [-0.25, -0.2) is 4.79 Å². The summed E-state index contributed by atoms with van der Waals surface area (Å²) >= 11 is 0. The van der Waals surface area contributed by atoms with E-state index in [1.54, 1.807) is 55.4 Å². The van der Waals surface area contributed by atoms with Crippen LogP contribution in [0.4, 0.5) is 0 Å². The summed E-state index contributed by atoms with van der Waals surface area (Å²) in [5.41, 5.74) is 12.3. The number of nitrogens with two attached hydrogens (primary N) is 2. The standard InChI is InChI=1S/C26H49N5O7/c1-10-11-16(32)24(35)31(25(36)19(14(6)7)29-22(33)18(28)13(4)5)21(17(27)12(2)3)23(34)30-20(15(8)9)26(37)38/h12-21,32H,10-11,27-28H2,1-9H3,(H,29,33)(H,30,34)(H,37,38)/t16?,17-,18+,19+,20+,21+/m1/s1/i1D. The number of nitrogens with zero attached hydrogens (tertiary/aromatic N) is 1. The number of imide groups is 1. The highest BCUT2D eigenvalue weighted by Crippen LogP contribution is 2.19. The number of carbonyl (C=O) groups excluding carboxylic acids is 4. The van der Waals surface area contributed by atoms with Crippen molar-refractivity contribution in [1.82, 2.24) is 15.5 Å². The first-order chi connectivity index (χ1) is 17.9. The van der Waals surface area contributed by atoms with Gasteiger partial charge < -0.3 is 32.3 Å². The summed E-state index contributed by atoms with van der Waals surface area (Å²) in [7, 11) is 0. The SMILES string of the molecule is [2H]CCCC(O)C(=O)N(C(=O)[C@@H](NC(=O)[C@@H](N)C(C)C)C(C)C)[C@H](C(=O)N[C@H](C(=O)O)C(C)C)[C@H](N)C(C)C. The van der Waals surface area contributed by atoms with E-state index in [0.29, 0.717) is 4.90 Å². The van der Waals surface area contributed by atoms with Gasteiger partial charge in [-0.1, -0.05) is 68.7 Å². The summed E-state index contributed by atoms with van der Waals surface area (Å²) < 4.78 is 7.34. The maximum Gasteiger partial charge on any atom is 0.326 e. The van der Waals surface area contributed by atoms with Gasteiger partial charge in [0.1, 0.15) is 24.2 Å². The van der Waals surface area contributed by atoms with Crippen molar-refractivity contribution in [2.45, 2.75) is 111 Å². The van der Waals surface area contributed by atoms with Crippen LogP contribution in [-0.2, 0) is 24.0 Å². The van der Waals surface area contributed by atoms with E-state index in [0.717, 1.165) is 0 Å². The monoisotopic (exact) mass is 544 g/mol. The number of rotatable bonds is 15. The third-order valence-electron chi connectivity index (χ3n) is 6.40. The van der Waals surface area contributed by atoms with E-state index in [-0.39, 0.29) is 25.7 Å². The maximum atomic E-state index is 14.0. The summed E-state index contributed by atoms with van der Waals surface area (Å²) in [5, 5.41) is 25.2. The molecule has 0 aromatic rings. The fourth-order valence-corrected chi connectivity index (χ4v) is 3.66. The Morgan fingerprint density at radius 2 is 1.29 bits per heavy atom. The van der Waals surface area contributed by atoms with E-state index in [1.165, 1.54) is 0 Å². The number of hydrogen-bond donors (Lipinski definition) is 6.